The number of fused-ring (bicyclic) bond motifs is 1. The van der Waals surface area contributed by atoms with Crippen molar-refractivity contribution in [3.05, 3.63) is 54.4 Å². The van der Waals surface area contributed by atoms with Crippen molar-refractivity contribution in [2.24, 2.45) is 5.92 Å². The van der Waals surface area contributed by atoms with Gasteiger partial charge in [0.15, 0.2) is 0 Å². The van der Waals surface area contributed by atoms with Gasteiger partial charge in [0.05, 0.1) is 23.3 Å². The zero-order valence-corrected chi connectivity index (χ0v) is 17.7. The molecular formula is C23H25F3N4O2. The highest BCUT2D eigenvalue weighted by Crippen LogP contribution is 2.33. The van der Waals surface area contributed by atoms with Crippen LogP contribution in [0.25, 0.3) is 11.0 Å². The van der Waals surface area contributed by atoms with Crippen LogP contribution < -0.4 is 10.1 Å². The summed E-state index contributed by atoms with van der Waals surface area (Å²) in [6, 6.07) is 13.6. The molecule has 1 saturated heterocycles. The molecule has 4 rings (SSSR count). The van der Waals surface area contributed by atoms with Crippen LogP contribution in [-0.4, -0.2) is 40.2 Å². The fraction of sp³-hybridized carbons (Fsp3) is 0.391. The molecule has 1 aliphatic heterocycles. The summed E-state index contributed by atoms with van der Waals surface area (Å²) in [5, 5.41) is 2.88. The first-order valence-electron chi connectivity index (χ1n) is 10.7. The topological polar surface area (TPSA) is 59.4 Å². The second kappa shape index (κ2) is 9.10. The second-order valence-corrected chi connectivity index (χ2v) is 7.82. The van der Waals surface area contributed by atoms with Gasteiger partial charge in [-0.25, -0.2) is 9.78 Å². The van der Waals surface area contributed by atoms with Crippen molar-refractivity contribution >= 4 is 22.8 Å². The highest BCUT2D eigenvalue weighted by atomic mass is 19.4. The fourth-order valence-electron chi connectivity index (χ4n) is 4.10. The number of hydrogen-bond donors (Lipinski definition) is 1. The smallest absolute Gasteiger partial charge is 0.449 e. The number of hydrogen-bond acceptors (Lipinski definition) is 3. The van der Waals surface area contributed by atoms with E-state index >= 15 is 0 Å². The van der Waals surface area contributed by atoms with Crippen molar-refractivity contribution in [1.82, 2.24) is 14.5 Å². The van der Waals surface area contributed by atoms with E-state index in [-0.39, 0.29) is 18.5 Å². The van der Waals surface area contributed by atoms with E-state index in [1.165, 1.54) is 4.57 Å². The van der Waals surface area contributed by atoms with Gasteiger partial charge in [0.25, 0.3) is 0 Å². The molecule has 0 bridgehead atoms. The number of urea groups is 1. The lowest BCUT2D eigenvalue weighted by Gasteiger charge is -2.32. The third kappa shape index (κ3) is 4.66. The maximum absolute atomic E-state index is 13.5. The predicted molar refractivity (Wildman–Crippen MR) is 116 cm³/mol. The number of carbonyl (C=O) groups excluding carboxylic acids is 1. The molecule has 1 N–H and O–H groups in total. The highest BCUT2D eigenvalue weighted by Gasteiger charge is 2.38. The molecule has 0 unspecified atom stereocenters. The quantitative estimate of drug-likeness (QED) is 0.571. The van der Waals surface area contributed by atoms with E-state index in [0.717, 1.165) is 0 Å². The molecule has 0 atom stereocenters. The molecule has 3 aromatic rings. The van der Waals surface area contributed by atoms with Crippen LogP contribution in [-0.2, 0) is 12.7 Å². The van der Waals surface area contributed by atoms with Crippen molar-refractivity contribution in [1.29, 1.82) is 0 Å². The molecule has 0 saturated carbocycles. The van der Waals surface area contributed by atoms with Crippen LogP contribution in [0.4, 0.5) is 23.7 Å². The van der Waals surface area contributed by atoms with E-state index in [4.69, 9.17) is 4.74 Å². The third-order valence-electron chi connectivity index (χ3n) is 5.68. The Morgan fingerprint density at radius 3 is 2.53 bits per heavy atom. The number of rotatable bonds is 5. The van der Waals surface area contributed by atoms with Gasteiger partial charge in [-0.3, -0.25) is 0 Å². The molecule has 1 fully saturated rings. The summed E-state index contributed by atoms with van der Waals surface area (Å²) in [5.41, 5.74) is 1.42. The summed E-state index contributed by atoms with van der Waals surface area (Å²) in [4.78, 5) is 18.2. The second-order valence-electron chi connectivity index (χ2n) is 7.82. The molecule has 2 heterocycles. The fourth-order valence-corrected chi connectivity index (χ4v) is 4.10. The number of nitrogens with zero attached hydrogens (tertiary/aromatic N) is 3. The number of benzene rings is 2. The number of piperidine rings is 1. The van der Waals surface area contributed by atoms with E-state index in [1.807, 2.05) is 19.1 Å². The number of imidazole rings is 1. The minimum atomic E-state index is -4.52. The SMILES string of the molecule is CCOc1ccccc1NC(=O)N1CCC(Cn2c(C(F)(F)F)nc3ccccc32)CC1. The number of carbonyl (C=O) groups is 1. The van der Waals surface area contributed by atoms with Gasteiger partial charge >= 0.3 is 12.2 Å². The Morgan fingerprint density at radius 1 is 1.12 bits per heavy atom. The van der Waals surface area contributed by atoms with Gasteiger partial charge < -0.3 is 19.5 Å². The summed E-state index contributed by atoms with van der Waals surface area (Å²) < 4.78 is 47.5. The van der Waals surface area contributed by atoms with Crippen molar-refractivity contribution in [3.8, 4) is 5.75 Å². The van der Waals surface area contributed by atoms with E-state index in [1.54, 1.807) is 41.3 Å². The van der Waals surface area contributed by atoms with Crippen LogP contribution in [0.2, 0.25) is 0 Å². The van der Waals surface area contributed by atoms with E-state index < -0.39 is 12.0 Å². The lowest BCUT2D eigenvalue weighted by atomic mass is 9.96. The Hall–Kier alpha value is -3.23. The lowest BCUT2D eigenvalue weighted by molar-refractivity contribution is -0.147. The number of likely N-dealkylation sites (tertiary alicyclic amines) is 1. The van der Waals surface area contributed by atoms with Crippen molar-refractivity contribution in [3.63, 3.8) is 0 Å². The van der Waals surface area contributed by atoms with Crippen LogP contribution in [0, 0.1) is 5.92 Å². The number of amides is 2. The van der Waals surface area contributed by atoms with Crippen LogP contribution in [0.5, 0.6) is 5.75 Å². The molecule has 6 nitrogen and oxygen atoms in total. The van der Waals surface area contributed by atoms with Crippen molar-refractivity contribution in [2.75, 3.05) is 25.0 Å². The molecule has 2 aromatic carbocycles. The standard InChI is InChI=1S/C23H25F3N4O2/c1-2-32-20-10-6-4-8-18(20)28-22(31)29-13-11-16(12-14-29)15-30-19-9-5-3-7-17(19)27-21(30)23(24,25)26/h3-10,16H,2,11-15H2,1H3,(H,28,31). The Kier molecular flexibility index (Phi) is 6.25. The normalized spacial score (nSPS) is 15.2. The summed E-state index contributed by atoms with van der Waals surface area (Å²) in [5.74, 6) is -0.246. The van der Waals surface area contributed by atoms with E-state index in [0.29, 0.717) is 55.0 Å². The zero-order valence-electron chi connectivity index (χ0n) is 17.7. The summed E-state index contributed by atoms with van der Waals surface area (Å²) in [6.07, 6.45) is -3.29. The maximum atomic E-state index is 13.5. The first-order chi connectivity index (χ1) is 15.4. The molecule has 0 radical (unpaired) electrons. The van der Waals surface area contributed by atoms with Crippen molar-refractivity contribution in [2.45, 2.75) is 32.5 Å². The van der Waals surface area contributed by atoms with Gasteiger partial charge in [0.2, 0.25) is 5.82 Å². The number of alkyl halides is 3. The third-order valence-corrected chi connectivity index (χ3v) is 5.68. The molecule has 0 spiro atoms. The number of anilines is 1. The Balaban J connectivity index is 1.41. The first kappa shape index (κ1) is 22.0. The summed E-state index contributed by atoms with van der Waals surface area (Å²) in [6.45, 7) is 3.53. The maximum Gasteiger partial charge on any atom is 0.449 e. The number of ether oxygens (including phenoxy) is 1. The summed E-state index contributed by atoms with van der Waals surface area (Å²) >= 11 is 0. The van der Waals surface area contributed by atoms with Gasteiger partial charge in [-0.1, -0.05) is 24.3 Å². The average Bonchev–Trinajstić information content (AvgIpc) is 3.15. The average molecular weight is 446 g/mol. The van der Waals surface area contributed by atoms with E-state index in [2.05, 4.69) is 10.3 Å². The van der Waals surface area contributed by atoms with Crippen LogP contribution in [0.15, 0.2) is 48.5 Å². The Bertz CT molecular complexity index is 1090. The zero-order chi connectivity index (χ0) is 22.7. The molecule has 1 aliphatic rings. The molecular weight excluding hydrogens is 421 g/mol. The number of halogens is 3. The minimum Gasteiger partial charge on any atom is -0.492 e. The molecule has 170 valence electrons. The minimum absolute atomic E-state index is 0.0217. The number of para-hydroxylation sites is 4. The predicted octanol–water partition coefficient (Wildman–Crippen LogP) is 5.40. The monoisotopic (exact) mass is 446 g/mol. The van der Waals surface area contributed by atoms with Gasteiger partial charge in [-0.05, 0) is 49.9 Å². The highest BCUT2D eigenvalue weighted by molar-refractivity contribution is 5.91. The van der Waals surface area contributed by atoms with Gasteiger partial charge in [-0.15, -0.1) is 0 Å². The molecule has 1 aromatic heterocycles. The Labute approximate surface area is 184 Å². The number of nitrogens with one attached hydrogen (secondary N) is 1. The molecule has 0 aliphatic carbocycles. The van der Waals surface area contributed by atoms with Gasteiger partial charge in [0.1, 0.15) is 5.75 Å². The molecule has 2 amide bonds. The molecule has 32 heavy (non-hydrogen) atoms. The van der Waals surface area contributed by atoms with Crippen LogP contribution in [0.3, 0.4) is 0 Å². The van der Waals surface area contributed by atoms with Gasteiger partial charge in [0, 0.05) is 19.6 Å². The van der Waals surface area contributed by atoms with Crippen LogP contribution >= 0.6 is 0 Å². The number of aromatic nitrogens is 2. The first-order valence-corrected chi connectivity index (χ1v) is 10.7. The van der Waals surface area contributed by atoms with Crippen LogP contribution in [0.1, 0.15) is 25.6 Å². The van der Waals surface area contributed by atoms with Gasteiger partial charge in [-0.2, -0.15) is 13.2 Å². The van der Waals surface area contributed by atoms with Crippen molar-refractivity contribution < 1.29 is 22.7 Å². The lowest BCUT2D eigenvalue weighted by Crippen LogP contribution is -2.41. The Morgan fingerprint density at radius 2 is 1.81 bits per heavy atom. The molecule has 9 heteroatoms. The summed E-state index contributed by atoms with van der Waals surface area (Å²) in [7, 11) is 0. The largest absolute Gasteiger partial charge is 0.492 e. The van der Waals surface area contributed by atoms with E-state index in [9.17, 15) is 18.0 Å².